The molecule has 1 N–H and O–H groups in total. The molecule has 2 aliphatic heterocycles. The molecule has 4 heteroatoms. The summed E-state index contributed by atoms with van der Waals surface area (Å²) in [5.41, 5.74) is -0.418. The topological polar surface area (TPSA) is 49.8 Å². The summed E-state index contributed by atoms with van der Waals surface area (Å²) < 4.78 is 5.49. The fourth-order valence-corrected chi connectivity index (χ4v) is 3.32. The highest BCUT2D eigenvalue weighted by atomic mass is 16.6. The minimum absolute atomic E-state index is 0.155. The number of nitrogens with zero attached hydrogens (tertiary/aromatic N) is 1. The van der Waals surface area contributed by atoms with Crippen LogP contribution in [-0.4, -0.2) is 40.4 Å². The molecule has 4 nitrogen and oxygen atoms in total. The first-order chi connectivity index (χ1) is 8.40. The Balaban J connectivity index is 1.98. The summed E-state index contributed by atoms with van der Waals surface area (Å²) in [6.07, 6.45) is 4.94. The monoisotopic (exact) mass is 255 g/mol. The molecule has 0 unspecified atom stereocenters. The molecule has 0 aromatic carbocycles. The molecular weight excluding hydrogens is 230 g/mol. The summed E-state index contributed by atoms with van der Waals surface area (Å²) in [7, 11) is 0. The molecule has 104 valence electrons. The van der Waals surface area contributed by atoms with Crippen molar-refractivity contribution in [2.75, 3.05) is 6.61 Å². The minimum Gasteiger partial charge on any atom is -0.444 e. The zero-order valence-corrected chi connectivity index (χ0v) is 11.7. The molecular formula is C14H25NO3. The molecule has 2 saturated heterocycles. The van der Waals surface area contributed by atoms with Gasteiger partial charge >= 0.3 is 6.09 Å². The van der Waals surface area contributed by atoms with Crippen LogP contribution in [0.25, 0.3) is 0 Å². The Kier molecular flexibility index (Phi) is 3.85. The number of fused-ring (bicyclic) bond motifs is 2. The van der Waals surface area contributed by atoms with Gasteiger partial charge in [0.2, 0.25) is 0 Å². The van der Waals surface area contributed by atoms with Gasteiger partial charge in [-0.25, -0.2) is 4.79 Å². The van der Waals surface area contributed by atoms with Gasteiger partial charge in [-0.3, -0.25) is 0 Å². The van der Waals surface area contributed by atoms with Crippen molar-refractivity contribution in [1.29, 1.82) is 0 Å². The Morgan fingerprint density at radius 1 is 1.28 bits per heavy atom. The predicted molar refractivity (Wildman–Crippen MR) is 69.3 cm³/mol. The maximum absolute atomic E-state index is 12.2. The highest BCUT2D eigenvalue weighted by Crippen LogP contribution is 2.40. The third-order valence-electron chi connectivity index (χ3n) is 3.97. The van der Waals surface area contributed by atoms with Gasteiger partial charge < -0.3 is 14.7 Å². The third-order valence-corrected chi connectivity index (χ3v) is 3.97. The number of aliphatic hydroxyl groups excluding tert-OH is 1. The number of rotatable bonds is 2. The van der Waals surface area contributed by atoms with Crippen LogP contribution in [-0.2, 0) is 4.74 Å². The van der Waals surface area contributed by atoms with Gasteiger partial charge in [0, 0.05) is 18.7 Å². The molecule has 2 heterocycles. The van der Waals surface area contributed by atoms with E-state index in [1.807, 2.05) is 25.7 Å². The number of ether oxygens (including phenoxy) is 1. The van der Waals surface area contributed by atoms with E-state index in [0.717, 1.165) is 32.1 Å². The van der Waals surface area contributed by atoms with Gasteiger partial charge in [-0.05, 0) is 58.8 Å². The van der Waals surface area contributed by atoms with E-state index in [4.69, 9.17) is 9.84 Å². The van der Waals surface area contributed by atoms with Crippen LogP contribution in [0, 0.1) is 5.92 Å². The van der Waals surface area contributed by atoms with Gasteiger partial charge in [-0.15, -0.1) is 0 Å². The van der Waals surface area contributed by atoms with E-state index < -0.39 is 5.60 Å². The lowest BCUT2D eigenvalue weighted by molar-refractivity contribution is 0.000811. The number of amides is 1. The summed E-state index contributed by atoms with van der Waals surface area (Å²) in [6, 6.07) is 0.658. The lowest BCUT2D eigenvalue weighted by Crippen LogP contribution is -2.48. The summed E-state index contributed by atoms with van der Waals surface area (Å²) >= 11 is 0. The fourth-order valence-electron chi connectivity index (χ4n) is 3.32. The Morgan fingerprint density at radius 2 is 1.83 bits per heavy atom. The van der Waals surface area contributed by atoms with Crippen molar-refractivity contribution in [3.05, 3.63) is 0 Å². The third kappa shape index (κ3) is 2.97. The van der Waals surface area contributed by atoms with E-state index in [-0.39, 0.29) is 12.7 Å². The van der Waals surface area contributed by atoms with Crippen molar-refractivity contribution in [2.24, 2.45) is 5.92 Å². The quantitative estimate of drug-likeness (QED) is 0.825. The van der Waals surface area contributed by atoms with Crippen LogP contribution in [0.2, 0.25) is 0 Å². The van der Waals surface area contributed by atoms with Gasteiger partial charge in [-0.2, -0.15) is 0 Å². The number of hydrogen-bond acceptors (Lipinski definition) is 3. The van der Waals surface area contributed by atoms with E-state index in [2.05, 4.69) is 0 Å². The van der Waals surface area contributed by atoms with Gasteiger partial charge in [0.1, 0.15) is 5.60 Å². The second-order valence-electron chi connectivity index (χ2n) is 6.62. The van der Waals surface area contributed by atoms with Gasteiger partial charge in [0.25, 0.3) is 0 Å². The molecule has 1 amide bonds. The fraction of sp³-hybridized carbons (Fsp3) is 0.929. The van der Waals surface area contributed by atoms with Crippen molar-refractivity contribution < 1.29 is 14.6 Å². The number of piperidine rings is 1. The van der Waals surface area contributed by atoms with E-state index in [1.54, 1.807) is 0 Å². The molecule has 0 spiro atoms. The highest BCUT2D eigenvalue weighted by molar-refractivity contribution is 5.69. The van der Waals surface area contributed by atoms with E-state index in [1.165, 1.54) is 0 Å². The second kappa shape index (κ2) is 5.08. The smallest absolute Gasteiger partial charge is 0.410 e. The van der Waals surface area contributed by atoms with Crippen LogP contribution in [0.15, 0.2) is 0 Å². The van der Waals surface area contributed by atoms with Gasteiger partial charge in [0.05, 0.1) is 0 Å². The second-order valence-corrected chi connectivity index (χ2v) is 6.62. The predicted octanol–water partition coefficient (Wildman–Crippen LogP) is 2.55. The lowest BCUT2D eigenvalue weighted by atomic mass is 9.89. The van der Waals surface area contributed by atoms with Gasteiger partial charge in [-0.1, -0.05) is 0 Å². The summed E-state index contributed by atoms with van der Waals surface area (Å²) in [6.45, 7) is 5.98. The van der Waals surface area contributed by atoms with Crippen molar-refractivity contribution in [3.63, 3.8) is 0 Å². The van der Waals surface area contributed by atoms with Crippen molar-refractivity contribution in [2.45, 2.75) is 70.6 Å². The standard InChI is InChI=1S/C14H25NO3/c1-14(2,3)18-13(17)15-11-4-5-12(15)9-10(8-11)6-7-16/h10-12,16H,4-9H2,1-3H3/t10-,11+,12-. The zero-order valence-electron chi connectivity index (χ0n) is 11.7. The number of hydrogen-bond donors (Lipinski definition) is 1. The minimum atomic E-state index is -0.418. The molecule has 18 heavy (non-hydrogen) atoms. The molecule has 0 aromatic rings. The van der Waals surface area contributed by atoms with Crippen LogP contribution in [0.5, 0.6) is 0 Å². The molecule has 2 bridgehead atoms. The van der Waals surface area contributed by atoms with Crippen LogP contribution in [0.1, 0.15) is 52.9 Å². The first-order valence-corrected chi connectivity index (χ1v) is 7.03. The molecule has 0 radical (unpaired) electrons. The number of carbonyl (C=O) groups excluding carboxylic acids is 1. The van der Waals surface area contributed by atoms with Crippen LogP contribution >= 0.6 is 0 Å². The highest BCUT2D eigenvalue weighted by Gasteiger charge is 2.44. The Labute approximate surface area is 109 Å². The number of carbonyl (C=O) groups is 1. The molecule has 0 saturated carbocycles. The Morgan fingerprint density at radius 3 is 2.28 bits per heavy atom. The van der Waals surface area contributed by atoms with Gasteiger partial charge in [0.15, 0.2) is 0 Å². The van der Waals surface area contributed by atoms with Crippen molar-refractivity contribution >= 4 is 6.09 Å². The molecule has 0 aliphatic carbocycles. The van der Waals surface area contributed by atoms with Crippen LogP contribution in [0.4, 0.5) is 4.79 Å². The Bertz CT molecular complexity index is 297. The normalized spacial score (nSPS) is 31.6. The molecule has 2 fully saturated rings. The maximum atomic E-state index is 12.2. The van der Waals surface area contributed by atoms with E-state index in [9.17, 15) is 4.79 Å². The first-order valence-electron chi connectivity index (χ1n) is 7.03. The van der Waals surface area contributed by atoms with Crippen LogP contribution in [0.3, 0.4) is 0 Å². The average Bonchev–Trinajstić information content (AvgIpc) is 2.49. The number of aliphatic hydroxyl groups is 1. The van der Waals surface area contributed by atoms with Crippen LogP contribution < -0.4 is 0 Å². The average molecular weight is 255 g/mol. The largest absolute Gasteiger partial charge is 0.444 e. The van der Waals surface area contributed by atoms with Crippen molar-refractivity contribution in [3.8, 4) is 0 Å². The molecule has 3 atom stereocenters. The van der Waals surface area contributed by atoms with Crippen molar-refractivity contribution in [1.82, 2.24) is 4.90 Å². The summed E-state index contributed by atoms with van der Waals surface area (Å²) in [5, 5.41) is 9.03. The Hall–Kier alpha value is -0.770. The zero-order chi connectivity index (χ0) is 13.3. The van der Waals surface area contributed by atoms with E-state index >= 15 is 0 Å². The first kappa shape index (κ1) is 13.7. The molecule has 0 aromatic heterocycles. The SMILES string of the molecule is CC(C)(C)OC(=O)N1[C@@H]2CC[C@H]1C[C@@H](CCO)C2. The summed E-state index contributed by atoms with van der Waals surface area (Å²) in [5.74, 6) is 0.575. The van der Waals surface area contributed by atoms with E-state index in [0.29, 0.717) is 18.0 Å². The maximum Gasteiger partial charge on any atom is 0.410 e. The molecule has 2 rings (SSSR count). The molecule has 2 aliphatic rings. The lowest BCUT2D eigenvalue weighted by Gasteiger charge is -2.39. The summed E-state index contributed by atoms with van der Waals surface area (Å²) in [4.78, 5) is 14.2.